The number of aryl methyl sites for hydroxylation is 3. The number of ether oxygens (including phenoxy) is 1. The number of rotatable bonds is 3. The van der Waals surface area contributed by atoms with Crippen LogP contribution < -0.4 is 5.32 Å². The van der Waals surface area contributed by atoms with E-state index >= 15 is 0 Å². The molecule has 0 spiro atoms. The van der Waals surface area contributed by atoms with Gasteiger partial charge in [-0.05, 0) is 38.1 Å². The largest absolute Gasteiger partial charge is 0.371 e. The van der Waals surface area contributed by atoms with Crippen molar-refractivity contribution in [2.45, 2.75) is 39.3 Å². The second-order valence-electron chi connectivity index (χ2n) is 5.84. The number of amides is 1. The van der Waals surface area contributed by atoms with E-state index in [2.05, 4.69) is 10.4 Å². The Morgan fingerprint density at radius 1 is 1.41 bits per heavy atom. The smallest absolute Gasteiger partial charge is 0.252 e. The molecule has 3 heterocycles. The molecule has 1 aliphatic heterocycles. The van der Waals surface area contributed by atoms with Crippen molar-refractivity contribution in [1.82, 2.24) is 15.1 Å². The van der Waals surface area contributed by atoms with E-state index in [0.29, 0.717) is 6.61 Å². The lowest BCUT2D eigenvalue weighted by molar-refractivity contribution is 0.0817. The monoisotopic (exact) mass is 319 g/mol. The summed E-state index contributed by atoms with van der Waals surface area (Å²) in [5.74, 6) is -0.0153. The molecule has 1 saturated heterocycles. The van der Waals surface area contributed by atoms with Crippen molar-refractivity contribution in [3.05, 3.63) is 38.8 Å². The van der Waals surface area contributed by atoms with Crippen molar-refractivity contribution in [2.24, 2.45) is 7.05 Å². The van der Waals surface area contributed by atoms with Gasteiger partial charge in [-0.1, -0.05) is 0 Å². The zero-order chi connectivity index (χ0) is 15.9. The summed E-state index contributed by atoms with van der Waals surface area (Å²) in [6.45, 7) is 6.65. The van der Waals surface area contributed by atoms with Gasteiger partial charge in [-0.25, -0.2) is 0 Å². The number of carbonyl (C=O) groups is 1. The Morgan fingerprint density at radius 3 is 2.77 bits per heavy atom. The minimum absolute atomic E-state index is 0.00611. The van der Waals surface area contributed by atoms with Crippen LogP contribution >= 0.6 is 11.3 Å². The lowest BCUT2D eigenvalue weighted by atomic mass is 10.00. The average molecular weight is 319 g/mol. The Kier molecular flexibility index (Phi) is 4.06. The van der Waals surface area contributed by atoms with Crippen LogP contribution in [0.4, 0.5) is 0 Å². The molecule has 0 bridgehead atoms. The number of nitrogens with one attached hydrogen (secondary N) is 1. The fraction of sp³-hybridized carbons (Fsp3) is 0.500. The highest BCUT2D eigenvalue weighted by molar-refractivity contribution is 7.08. The molecule has 0 aliphatic carbocycles. The van der Waals surface area contributed by atoms with Crippen LogP contribution in [-0.2, 0) is 11.8 Å². The molecular formula is C16H21N3O2S. The molecule has 0 radical (unpaired) electrons. The minimum Gasteiger partial charge on any atom is -0.371 e. The van der Waals surface area contributed by atoms with Crippen LogP contribution in [0.5, 0.6) is 0 Å². The molecule has 2 atom stereocenters. The first-order valence-electron chi connectivity index (χ1n) is 7.44. The van der Waals surface area contributed by atoms with E-state index in [1.807, 2.05) is 43.3 Å². The third kappa shape index (κ3) is 2.57. The van der Waals surface area contributed by atoms with Gasteiger partial charge in [0.2, 0.25) is 0 Å². The molecule has 6 heteroatoms. The van der Waals surface area contributed by atoms with Gasteiger partial charge in [0.25, 0.3) is 5.91 Å². The number of carbonyl (C=O) groups excluding carboxylic acids is 1. The molecule has 5 nitrogen and oxygen atoms in total. The molecule has 2 aromatic heterocycles. The van der Waals surface area contributed by atoms with Crippen molar-refractivity contribution in [3.8, 4) is 0 Å². The normalized spacial score (nSPS) is 21.3. The average Bonchev–Trinajstić information content (AvgIpc) is 3.13. The van der Waals surface area contributed by atoms with E-state index < -0.39 is 0 Å². The summed E-state index contributed by atoms with van der Waals surface area (Å²) < 4.78 is 7.78. The molecule has 1 N–H and O–H groups in total. The minimum atomic E-state index is -0.114. The van der Waals surface area contributed by atoms with Crippen LogP contribution in [0.25, 0.3) is 0 Å². The zero-order valence-corrected chi connectivity index (χ0v) is 14.2. The standard InChI is InChI=1S/C16H21N3O2S/c1-9-7-22-8-12(9)16(20)17-13-5-6-21-15(13)14-10(2)18-19(4)11(14)3/h7-8,13,15H,5-6H2,1-4H3,(H,17,20)/t13-,15-/m0/s1. The van der Waals surface area contributed by atoms with Gasteiger partial charge in [0.1, 0.15) is 6.10 Å². The molecular weight excluding hydrogens is 298 g/mol. The Bertz CT molecular complexity index is 704. The molecule has 1 aliphatic rings. The Balaban J connectivity index is 1.82. The van der Waals surface area contributed by atoms with Gasteiger partial charge >= 0.3 is 0 Å². The van der Waals surface area contributed by atoms with E-state index in [1.54, 1.807) is 11.3 Å². The number of thiophene rings is 1. The summed E-state index contributed by atoms with van der Waals surface area (Å²) in [6, 6.07) is -0.00611. The fourth-order valence-corrected chi connectivity index (χ4v) is 3.89. The molecule has 22 heavy (non-hydrogen) atoms. The van der Waals surface area contributed by atoms with Crippen LogP contribution in [0.2, 0.25) is 0 Å². The van der Waals surface area contributed by atoms with Crippen LogP contribution in [0, 0.1) is 20.8 Å². The van der Waals surface area contributed by atoms with E-state index in [1.165, 1.54) is 0 Å². The predicted octanol–water partition coefficient (Wildman–Crippen LogP) is 2.67. The zero-order valence-electron chi connectivity index (χ0n) is 13.3. The van der Waals surface area contributed by atoms with Crippen molar-refractivity contribution in [3.63, 3.8) is 0 Å². The van der Waals surface area contributed by atoms with Gasteiger partial charge in [-0.2, -0.15) is 16.4 Å². The summed E-state index contributed by atoms with van der Waals surface area (Å²) in [5.41, 5.74) is 4.95. The summed E-state index contributed by atoms with van der Waals surface area (Å²) >= 11 is 1.55. The first-order valence-corrected chi connectivity index (χ1v) is 8.38. The molecule has 0 saturated carbocycles. The maximum absolute atomic E-state index is 12.5. The summed E-state index contributed by atoms with van der Waals surface area (Å²) in [6.07, 6.45) is 0.712. The van der Waals surface area contributed by atoms with Crippen molar-refractivity contribution in [1.29, 1.82) is 0 Å². The van der Waals surface area contributed by atoms with Gasteiger partial charge in [-0.15, -0.1) is 0 Å². The molecule has 2 aromatic rings. The van der Waals surface area contributed by atoms with Gasteiger partial charge in [-0.3, -0.25) is 9.48 Å². The quantitative estimate of drug-likeness (QED) is 0.946. The number of hydrogen-bond donors (Lipinski definition) is 1. The Hall–Kier alpha value is -1.66. The molecule has 118 valence electrons. The van der Waals surface area contributed by atoms with Crippen LogP contribution in [-0.4, -0.2) is 28.3 Å². The first-order chi connectivity index (χ1) is 10.5. The van der Waals surface area contributed by atoms with Crippen LogP contribution in [0.15, 0.2) is 10.8 Å². The second kappa shape index (κ2) is 5.85. The van der Waals surface area contributed by atoms with Crippen LogP contribution in [0.3, 0.4) is 0 Å². The molecule has 1 fully saturated rings. The molecule has 1 amide bonds. The lowest BCUT2D eigenvalue weighted by Gasteiger charge is -2.20. The molecule has 0 aromatic carbocycles. The molecule has 0 unspecified atom stereocenters. The Morgan fingerprint density at radius 2 is 2.18 bits per heavy atom. The number of nitrogens with zero attached hydrogens (tertiary/aromatic N) is 2. The summed E-state index contributed by atoms with van der Waals surface area (Å²) in [4.78, 5) is 12.5. The van der Waals surface area contributed by atoms with Crippen molar-refractivity contribution in [2.75, 3.05) is 6.61 Å². The van der Waals surface area contributed by atoms with Crippen LogP contribution in [0.1, 0.15) is 45.4 Å². The van der Waals surface area contributed by atoms with Gasteiger partial charge < -0.3 is 10.1 Å². The predicted molar refractivity (Wildman–Crippen MR) is 86.3 cm³/mol. The highest BCUT2D eigenvalue weighted by atomic mass is 32.1. The third-order valence-corrected chi connectivity index (χ3v) is 5.22. The van der Waals surface area contributed by atoms with Gasteiger partial charge in [0, 0.05) is 30.3 Å². The van der Waals surface area contributed by atoms with Crippen molar-refractivity contribution < 1.29 is 9.53 Å². The maximum Gasteiger partial charge on any atom is 0.252 e. The van der Waals surface area contributed by atoms with Gasteiger partial charge in [0.05, 0.1) is 17.3 Å². The number of aromatic nitrogens is 2. The van der Waals surface area contributed by atoms with Crippen molar-refractivity contribution >= 4 is 17.2 Å². The van der Waals surface area contributed by atoms with E-state index in [9.17, 15) is 4.79 Å². The van der Waals surface area contributed by atoms with Gasteiger partial charge in [0.15, 0.2) is 0 Å². The Labute approximate surface area is 134 Å². The SMILES string of the molecule is Cc1cscc1C(=O)N[C@H]1CCO[C@@H]1c1c(C)nn(C)c1C. The molecule has 3 rings (SSSR count). The second-order valence-corrected chi connectivity index (χ2v) is 6.58. The lowest BCUT2D eigenvalue weighted by Crippen LogP contribution is -2.37. The first kappa shape index (κ1) is 15.2. The highest BCUT2D eigenvalue weighted by Crippen LogP contribution is 2.33. The maximum atomic E-state index is 12.5. The van der Waals surface area contributed by atoms with E-state index in [-0.39, 0.29) is 18.1 Å². The number of hydrogen-bond acceptors (Lipinski definition) is 4. The fourth-order valence-electron chi connectivity index (χ4n) is 3.06. The summed E-state index contributed by atoms with van der Waals surface area (Å²) in [5, 5.41) is 11.5. The topological polar surface area (TPSA) is 56.1 Å². The summed E-state index contributed by atoms with van der Waals surface area (Å²) in [7, 11) is 1.93. The van der Waals surface area contributed by atoms with E-state index in [0.717, 1.165) is 34.5 Å². The third-order valence-electron chi connectivity index (χ3n) is 4.36. The highest BCUT2D eigenvalue weighted by Gasteiger charge is 2.34. The van der Waals surface area contributed by atoms with E-state index in [4.69, 9.17) is 4.74 Å².